The fourth-order valence-corrected chi connectivity index (χ4v) is 3.70. The van der Waals surface area contributed by atoms with Crippen LogP contribution in [0.2, 0.25) is 0 Å². The normalized spacial score (nSPS) is 15.1. The van der Waals surface area contributed by atoms with Crippen LogP contribution in [0.4, 0.5) is 0 Å². The molecule has 0 spiro atoms. The zero-order valence-electron chi connectivity index (χ0n) is 12.3. The summed E-state index contributed by atoms with van der Waals surface area (Å²) in [6, 6.07) is 12.0. The second-order valence-corrected chi connectivity index (χ2v) is 7.16. The van der Waals surface area contributed by atoms with Crippen LogP contribution in [0.1, 0.15) is 17.7 Å². The number of hydrogen-bond acceptors (Lipinski definition) is 6. The van der Waals surface area contributed by atoms with Crippen LogP contribution in [0.3, 0.4) is 0 Å². The minimum Gasteiger partial charge on any atom is -0.448 e. The monoisotopic (exact) mass is 406 g/mol. The first kappa shape index (κ1) is 16.4. The summed E-state index contributed by atoms with van der Waals surface area (Å²) < 4.78 is 34.0. The number of halogens is 1. The van der Waals surface area contributed by atoms with E-state index in [0.717, 1.165) is 0 Å². The average molecular weight is 407 g/mol. The Morgan fingerprint density at radius 3 is 2.83 bits per heavy atom. The molecule has 1 aromatic heterocycles. The van der Waals surface area contributed by atoms with Crippen LogP contribution in [0.5, 0.6) is 0 Å². The zero-order valence-corrected chi connectivity index (χ0v) is 14.7. The Balaban J connectivity index is 1.98. The second-order valence-electron chi connectivity index (χ2n) is 4.80. The van der Waals surface area contributed by atoms with Gasteiger partial charge in [0.1, 0.15) is 10.7 Å². The molecule has 0 bridgehead atoms. The predicted octanol–water partition coefficient (Wildman–Crippen LogP) is 2.74. The molecule has 24 heavy (non-hydrogen) atoms. The van der Waals surface area contributed by atoms with Crippen molar-refractivity contribution in [2.24, 2.45) is 9.50 Å². The van der Waals surface area contributed by atoms with E-state index in [1.165, 1.54) is 17.3 Å². The first-order valence-electron chi connectivity index (χ1n) is 6.89. The summed E-state index contributed by atoms with van der Waals surface area (Å²) in [4.78, 5) is 0.137. The molecule has 1 aliphatic rings. The maximum Gasteiger partial charge on any atom is 0.285 e. The van der Waals surface area contributed by atoms with Gasteiger partial charge in [0.15, 0.2) is 10.5 Å². The lowest BCUT2D eigenvalue weighted by Crippen LogP contribution is -2.27. The van der Waals surface area contributed by atoms with Crippen molar-refractivity contribution in [3.8, 4) is 6.07 Å². The SMILES string of the molecule is N#CCCN(/N=C/c1ccc(Br)o1)C1=NS(=O)(=O)c2ccccc21. The van der Waals surface area contributed by atoms with Crippen molar-refractivity contribution in [1.82, 2.24) is 5.01 Å². The van der Waals surface area contributed by atoms with Gasteiger partial charge in [-0.25, -0.2) is 5.01 Å². The summed E-state index contributed by atoms with van der Waals surface area (Å²) in [5.74, 6) is 0.682. The highest BCUT2D eigenvalue weighted by atomic mass is 79.9. The minimum atomic E-state index is -3.75. The first-order chi connectivity index (χ1) is 11.5. The molecule has 7 nitrogen and oxygen atoms in total. The van der Waals surface area contributed by atoms with Gasteiger partial charge in [0, 0.05) is 5.56 Å². The number of rotatable bonds is 4. The van der Waals surface area contributed by atoms with Crippen molar-refractivity contribution in [2.75, 3.05) is 6.54 Å². The molecule has 0 saturated carbocycles. The summed E-state index contributed by atoms with van der Waals surface area (Å²) in [5.41, 5.74) is 0.466. The first-order valence-corrected chi connectivity index (χ1v) is 9.13. The fourth-order valence-electron chi connectivity index (χ4n) is 2.17. The van der Waals surface area contributed by atoms with E-state index in [1.54, 1.807) is 30.3 Å². The number of sulfonamides is 1. The number of nitrogens with zero attached hydrogens (tertiary/aromatic N) is 4. The Kier molecular flexibility index (Phi) is 4.51. The number of amidine groups is 1. The van der Waals surface area contributed by atoms with Crippen LogP contribution in [0.25, 0.3) is 0 Å². The second kappa shape index (κ2) is 6.59. The summed E-state index contributed by atoms with van der Waals surface area (Å²) in [6.07, 6.45) is 1.61. The highest BCUT2D eigenvalue weighted by Gasteiger charge is 2.31. The van der Waals surface area contributed by atoms with E-state index >= 15 is 0 Å². The Morgan fingerprint density at radius 2 is 2.12 bits per heavy atom. The Labute approximate surface area is 147 Å². The molecule has 0 radical (unpaired) electrons. The molecular formula is C15H11BrN4O3S. The highest BCUT2D eigenvalue weighted by Crippen LogP contribution is 2.27. The van der Waals surface area contributed by atoms with Crippen LogP contribution in [0, 0.1) is 11.3 Å². The molecular weight excluding hydrogens is 396 g/mol. The van der Waals surface area contributed by atoms with Crippen LogP contribution in [0.15, 0.2) is 59.9 Å². The van der Waals surface area contributed by atoms with E-state index in [9.17, 15) is 8.42 Å². The topological polar surface area (TPSA) is 99.0 Å². The highest BCUT2D eigenvalue weighted by molar-refractivity contribution is 9.10. The zero-order chi connectivity index (χ0) is 17.2. The van der Waals surface area contributed by atoms with E-state index in [4.69, 9.17) is 9.68 Å². The molecule has 0 unspecified atom stereocenters. The van der Waals surface area contributed by atoms with Gasteiger partial charge in [-0.1, -0.05) is 12.1 Å². The van der Waals surface area contributed by atoms with Crippen molar-refractivity contribution in [1.29, 1.82) is 5.26 Å². The Morgan fingerprint density at radius 1 is 1.33 bits per heavy atom. The largest absolute Gasteiger partial charge is 0.448 e. The number of furan rings is 1. The lowest BCUT2D eigenvalue weighted by molar-refractivity contribution is 0.455. The summed E-state index contributed by atoms with van der Waals surface area (Å²) >= 11 is 3.20. The van der Waals surface area contributed by atoms with Crippen LogP contribution in [-0.2, 0) is 10.0 Å². The number of hydrazone groups is 1. The van der Waals surface area contributed by atoms with Gasteiger partial charge >= 0.3 is 0 Å². The van der Waals surface area contributed by atoms with Crippen LogP contribution >= 0.6 is 15.9 Å². The molecule has 0 atom stereocenters. The third kappa shape index (κ3) is 3.25. The van der Waals surface area contributed by atoms with Crippen LogP contribution < -0.4 is 0 Å². The maximum absolute atomic E-state index is 12.2. The van der Waals surface area contributed by atoms with Crippen molar-refractivity contribution < 1.29 is 12.8 Å². The Hall–Kier alpha value is -2.44. The molecule has 1 aliphatic heterocycles. The minimum absolute atomic E-state index is 0.137. The van der Waals surface area contributed by atoms with Crippen molar-refractivity contribution in [3.05, 3.63) is 52.4 Å². The van der Waals surface area contributed by atoms with Gasteiger partial charge in [-0.3, -0.25) is 0 Å². The lowest BCUT2D eigenvalue weighted by atomic mass is 10.2. The fraction of sp³-hybridized carbons (Fsp3) is 0.133. The van der Waals surface area contributed by atoms with Crippen molar-refractivity contribution in [2.45, 2.75) is 11.3 Å². The molecule has 122 valence electrons. The van der Waals surface area contributed by atoms with Gasteiger partial charge in [-0.15, -0.1) is 4.40 Å². The van der Waals surface area contributed by atoms with E-state index in [2.05, 4.69) is 25.4 Å². The Bertz CT molecular complexity index is 973. The predicted molar refractivity (Wildman–Crippen MR) is 91.1 cm³/mol. The van der Waals surface area contributed by atoms with Gasteiger partial charge in [-0.05, 0) is 40.2 Å². The van der Waals surface area contributed by atoms with Gasteiger partial charge in [0.25, 0.3) is 10.0 Å². The molecule has 0 fully saturated rings. The number of nitriles is 1. The molecule has 9 heteroatoms. The number of benzene rings is 1. The van der Waals surface area contributed by atoms with Crippen molar-refractivity contribution in [3.63, 3.8) is 0 Å². The molecule has 0 N–H and O–H groups in total. The van der Waals surface area contributed by atoms with Gasteiger partial charge < -0.3 is 4.42 Å². The van der Waals surface area contributed by atoms with E-state index in [1.807, 2.05) is 6.07 Å². The van der Waals surface area contributed by atoms with Crippen LogP contribution in [-0.4, -0.2) is 32.0 Å². The molecule has 0 aliphatic carbocycles. The maximum atomic E-state index is 12.2. The lowest BCUT2D eigenvalue weighted by Gasteiger charge is -2.17. The van der Waals surface area contributed by atoms with Gasteiger partial charge in [0.2, 0.25) is 0 Å². The molecule has 0 saturated heterocycles. The summed E-state index contributed by atoms with van der Waals surface area (Å²) in [5, 5.41) is 14.5. The smallest absolute Gasteiger partial charge is 0.285 e. The molecule has 3 rings (SSSR count). The third-order valence-electron chi connectivity index (χ3n) is 3.21. The van der Waals surface area contributed by atoms with E-state index < -0.39 is 10.0 Å². The molecule has 0 amide bonds. The van der Waals surface area contributed by atoms with Crippen molar-refractivity contribution >= 4 is 38.0 Å². The summed E-state index contributed by atoms with van der Waals surface area (Å²) in [7, 11) is -3.75. The number of fused-ring (bicyclic) bond motifs is 1. The number of hydrogen-bond donors (Lipinski definition) is 0. The van der Waals surface area contributed by atoms with Gasteiger partial charge in [-0.2, -0.15) is 18.8 Å². The van der Waals surface area contributed by atoms with E-state index in [-0.39, 0.29) is 23.7 Å². The standard InChI is InChI=1S/C15H11BrN4O3S/c16-14-7-6-11(23-14)10-18-20(9-3-8-17)15-12-4-1-2-5-13(12)24(21,22)19-15/h1-2,4-7,10H,3,9H2/b18-10+. The quantitative estimate of drug-likeness (QED) is 0.573. The van der Waals surface area contributed by atoms with E-state index in [0.29, 0.717) is 16.0 Å². The summed E-state index contributed by atoms with van der Waals surface area (Å²) in [6.45, 7) is 0.206. The third-order valence-corrected chi connectivity index (χ3v) is 4.96. The molecule has 2 aromatic rings. The molecule has 2 heterocycles. The average Bonchev–Trinajstić information content (AvgIpc) is 3.09. The van der Waals surface area contributed by atoms with Gasteiger partial charge in [0.05, 0.1) is 25.2 Å². The molecule has 1 aromatic carbocycles.